The predicted octanol–water partition coefficient (Wildman–Crippen LogP) is 3.26. The van der Waals surface area contributed by atoms with E-state index in [4.69, 9.17) is 0 Å². The van der Waals surface area contributed by atoms with E-state index in [1.54, 1.807) is 43.3 Å². The molecule has 1 saturated carbocycles. The van der Waals surface area contributed by atoms with Gasteiger partial charge in [0, 0.05) is 11.3 Å². The zero-order valence-electron chi connectivity index (χ0n) is 16.7. The number of hydrogen-bond acceptors (Lipinski definition) is 4. The molecule has 7 nitrogen and oxygen atoms in total. The van der Waals surface area contributed by atoms with E-state index in [0.29, 0.717) is 22.5 Å². The van der Waals surface area contributed by atoms with Gasteiger partial charge in [0.2, 0.25) is 11.8 Å². The van der Waals surface area contributed by atoms with Crippen molar-refractivity contribution < 1.29 is 24.3 Å². The number of carboxylic acids is 1. The van der Waals surface area contributed by atoms with Gasteiger partial charge in [-0.3, -0.25) is 19.3 Å². The van der Waals surface area contributed by atoms with E-state index in [0.717, 1.165) is 6.42 Å². The van der Waals surface area contributed by atoms with E-state index in [9.17, 15) is 24.3 Å². The van der Waals surface area contributed by atoms with Crippen molar-refractivity contribution in [1.82, 2.24) is 0 Å². The summed E-state index contributed by atoms with van der Waals surface area (Å²) in [7, 11) is 0. The van der Waals surface area contributed by atoms with Crippen LogP contribution in [0.1, 0.15) is 32.7 Å². The largest absolute Gasteiger partial charge is 0.478 e. The Bertz CT molecular complexity index is 1140. The van der Waals surface area contributed by atoms with Gasteiger partial charge in [-0.05, 0) is 67.1 Å². The number of anilines is 2. The molecule has 31 heavy (non-hydrogen) atoms. The van der Waals surface area contributed by atoms with Gasteiger partial charge in [-0.1, -0.05) is 18.2 Å². The number of nitrogens with one attached hydrogen (secondary N) is 1. The second kappa shape index (κ2) is 6.91. The van der Waals surface area contributed by atoms with Crippen LogP contribution in [-0.2, 0) is 9.59 Å². The van der Waals surface area contributed by atoms with E-state index in [-0.39, 0.29) is 41.0 Å². The average molecular weight is 416 g/mol. The molecule has 2 N–H and O–H groups in total. The molecular weight excluding hydrogens is 396 g/mol. The summed E-state index contributed by atoms with van der Waals surface area (Å²) in [6, 6.07) is 11.0. The van der Waals surface area contributed by atoms with Crippen LogP contribution in [0.2, 0.25) is 0 Å². The molecule has 2 aromatic rings. The summed E-state index contributed by atoms with van der Waals surface area (Å²) < 4.78 is 0. The van der Waals surface area contributed by atoms with Gasteiger partial charge in [0.15, 0.2) is 0 Å². The third-order valence-corrected chi connectivity index (χ3v) is 6.67. The number of imide groups is 1. The number of rotatable bonds is 4. The molecule has 1 saturated heterocycles. The minimum absolute atomic E-state index is 0.119. The van der Waals surface area contributed by atoms with Crippen LogP contribution in [0.15, 0.2) is 54.6 Å². The number of carbonyl (C=O) groups excluding carboxylic acids is 3. The Labute approximate surface area is 178 Å². The van der Waals surface area contributed by atoms with Gasteiger partial charge in [0.05, 0.1) is 23.1 Å². The van der Waals surface area contributed by atoms with Crippen LogP contribution in [0.4, 0.5) is 11.4 Å². The molecule has 5 rings (SSSR count). The van der Waals surface area contributed by atoms with Crippen molar-refractivity contribution in [3.63, 3.8) is 0 Å². The molecule has 7 heteroatoms. The van der Waals surface area contributed by atoms with Gasteiger partial charge in [-0.25, -0.2) is 4.79 Å². The molecule has 2 bridgehead atoms. The molecule has 3 aliphatic rings. The van der Waals surface area contributed by atoms with Gasteiger partial charge in [-0.2, -0.15) is 0 Å². The van der Waals surface area contributed by atoms with E-state index in [1.165, 1.54) is 11.0 Å². The van der Waals surface area contributed by atoms with Crippen molar-refractivity contribution in [2.75, 3.05) is 10.2 Å². The molecule has 0 aromatic heterocycles. The van der Waals surface area contributed by atoms with Crippen LogP contribution in [0.3, 0.4) is 0 Å². The Kier molecular flexibility index (Phi) is 4.28. The summed E-state index contributed by atoms with van der Waals surface area (Å²) in [5.41, 5.74) is 1.79. The number of hydrogen-bond donors (Lipinski definition) is 2. The van der Waals surface area contributed by atoms with Crippen molar-refractivity contribution in [2.45, 2.75) is 13.3 Å². The third-order valence-electron chi connectivity index (χ3n) is 6.67. The standard InChI is InChI=1S/C24H20N2O5/c1-12-17(24(30)31)3-2-4-18(12)25-21(27)13-7-9-16(10-8-13)26-22(28)19-14-5-6-15(11-14)20(19)23(26)29/h2-10,14-15,19-20H,11H2,1H3,(H,25,27)(H,30,31). The molecule has 1 heterocycles. The van der Waals surface area contributed by atoms with Crippen molar-refractivity contribution in [3.8, 4) is 0 Å². The Morgan fingerprint density at radius 1 is 0.968 bits per heavy atom. The van der Waals surface area contributed by atoms with Crippen molar-refractivity contribution in [3.05, 3.63) is 71.3 Å². The minimum Gasteiger partial charge on any atom is -0.478 e. The molecule has 3 amide bonds. The van der Waals surface area contributed by atoms with E-state index in [2.05, 4.69) is 17.5 Å². The van der Waals surface area contributed by atoms with Crippen LogP contribution in [-0.4, -0.2) is 28.8 Å². The van der Waals surface area contributed by atoms with E-state index >= 15 is 0 Å². The summed E-state index contributed by atoms with van der Waals surface area (Å²) in [6.45, 7) is 1.63. The average Bonchev–Trinajstić information content (AvgIpc) is 3.43. The molecule has 2 fully saturated rings. The van der Waals surface area contributed by atoms with E-state index < -0.39 is 11.9 Å². The van der Waals surface area contributed by atoms with Gasteiger partial charge in [0.25, 0.3) is 5.91 Å². The fraction of sp³-hybridized carbons (Fsp3) is 0.250. The first kappa shape index (κ1) is 19.2. The van der Waals surface area contributed by atoms with Gasteiger partial charge >= 0.3 is 5.97 Å². The second-order valence-electron chi connectivity index (χ2n) is 8.30. The first-order valence-corrected chi connectivity index (χ1v) is 10.2. The second-order valence-corrected chi connectivity index (χ2v) is 8.30. The quantitative estimate of drug-likeness (QED) is 0.588. The highest BCUT2D eigenvalue weighted by Gasteiger charge is 2.59. The van der Waals surface area contributed by atoms with Gasteiger partial charge in [-0.15, -0.1) is 0 Å². The predicted molar refractivity (Wildman–Crippen MR) is 113 cm³/mol. The Hall–Kier alpha value is -3.74. The number of aromatic carboxylic acids is 1. The monoisotopic (exact) mass is 416 g/mol. The number of benzene rings is 2. The summed E-state index contributed by atoms with van der Waals surface area (Å²) >= 11 is 0. The van der Waals surface area contributed by atoms with Crippen LogP contribution in [0.5, 0.6) is 0 Å². The maximum Gasteiger partial charge on any atom is 0.336 e. The normalized spacial score (nSPS) is 25.8. The maximum absolute atomic E-state index is 12.9. The molecule has 156 valence electrons. The number of nitrogens with zero attached hydrogens (tertiary/aromatic N) is 1. The summed E-state index contributed by atoms with van der Waals surface area (Å²) in [5.74, 6) is -2.04. The SMILES string of the molecule is Cc1c(NC(=O)c2ccc(N3C(=O)C4C5C=CC(C5)C4C3=O)cc2)cccc1C(=O)O. The van der Waals surface area contributed by atoms with Crippen LogP contribution < -0.4 is 10.2 Å². The van der Waals surface area contributed by atoms with Gasteiger partial charge in [0.1, 0.15) is 0 Å². The van der Waals surface area contributed by atoms with Gasteiger partial charge < -0.3 is 10.4 Å². The van der Waals surface area contributed by atoms with Crippen molar-refractivity contribution in [2.24, 2.45) is 23.7 Å². The van der Waals surface area contributed by atoms with Crippen molar-refractivity contribution in [1.29, 1.82) is 0 Å². The topological polar surface area (TPSA) is 104 Å². The highest BCUT2D eigenvalue weighted by Crippen LogP contribution is 2.53. The smallest absolute Gasteiger partial charge is 0.336 e. The number of carboxylic acid groups (broad SMARTS) is 1. The fourth-order valence-electron chi connectivity index (χ4n) is 5.12. The Balaban J connectivity index is 1.35. The highest BCUT2D eigenvalue weighted by molar-refractivity contribution is 6.23. The first-order chi connectivity index (χ1) is 14.9. The molecule has 2 aliphatic carbocycles. The number of amides is 3. The molecule has 1 aliphatic heterocycles. The number of fused-ring (bicyclic) bond motifs is 5. The lowest BCUT2D eigenvalue weighted by atomic mass is 9.85. The number of allylic oxidation sites excluding steroid dienone is 2. The molecule has 4 atom stereocenters. The van der Waals surface area contributed by atoms with Crippen LogP contribution in [0.25, 0.3) is 0 Å². The van der Waals surface area contributed by atoms with E-state index in [1.807, 2.05) is 0 Å². The van der Waals surface area contributed by atoms with Crippen molar-refractivity contribution >= 4 is 35.1 Å². The minimum atomic E-state index is -1.06. The zero-order chi connectivity index (χ0) is 21.9. The first-order valence-electron chi connectivity index (χ1n) is 10.2. The molecule has 0 radical (unpaired) electrons. The number of carbonyl (C=O) groups is 4. The molecular formula is C24H20N2O5. The zero-order valence-corrected chi connectivity index (χ0v) is 16.7. The summed E-state index contributed by atoms with van der Waals surface area (Å²) in [5, 5.41) is 12.0. The molecule has 4 unspecified atom stereocenters. The lowest BCUT2D eigenvalue weighted by Gasteiger charge is -2.17. The van der Waals surface area contributed by atoms with Crippen LogP contribution in [0, 0.1) is 30.6 Å². The maximum atomic E-state index is 12.9. The lowest BCUT2D eigenvalue weighted by molar-refractivity contribution is -0.123. The Morgan fingerprint density at radius 3 is 2.16 bits per heavy atom. The Morgan fingerprint density at radius 2 is 1.58 bits per heavy atom. The third kappa shape index (κ3) is 2.88. The lowest BCUT2D eigenvalue weighted by Crippen LogP contribution is -2.32. The molecule has 2 aromatic carbocycles. The van der Waals surface area contributed by atoms with Crippen LogP contribution >= 0.6 is 0 Å². The fourth-order valence-corrected chi connectivity index (χ4v) is 5.12. The molecule has 0 spiro atoms. The highest BCUT2D eigenvalue weighted by atomic mass is 16.4. The summed E-state index contributed by atoms with van der Waals surface area (Å²) in [4.78, 5) is 51.0. The summed E-state index contributed by atoms with van der Waals surface area (Å²) in [6.07, 6.45) is 4.98.